The van der Waals surface area contributed by atoms with Crippen LogP contribution in [0.4, 0.5) is 0 Å². The van der Waals surface area contributed by atoms with Crippen LogP contribution in [0.5, 0.6) is 0 Å². The van der Waals surface area contributed by atoms with Gasteiger partial charge < -0.3 is 4.55 Å². The van der Waals surface area contributed by atoms with Crippen molar-refractivity contribution in [1.82, 2.24) is 0 Å². The number of hydrogen-bond acceptors (Lipinski definition) is 3. The molecular weight excluding hydrogens is 345 g/mol. The topological polar surface area (TPSA) is 61.1 Å². The first-order valence-electron chi connectivity index (χ1n) is 6.18. The molecule has 0 aliphatic rings. The van der Waals surface area contributed by atoms with Gasteiger partial charge in [-0.05, 0) is 34.4 Å². The Morgan fingerprint density at radius 2 is 1.41 bits per heavy atom. The SMILES string of the molecule is C[n+]1c2ccccc2c(C(=O)Cl)c2ccccc21.O=S([O-])Cl. The van der Waals surface area contributed by atoms with E-state index in [0.717, 1.165) is 21.8 Å². The van der Waals surface area contributed by atoms with Crippen molar-refractivity contribution in [1.29, 1.82) is 0 Å². The van der Waals surface area contributed by atoms with Gasteiger partial charge in [-0.1, -0.05) is 24.3 Å². The van der Waals surface area contributed by atoms with Crippen molar-refractivity contribution in [3.63, 3.8) is 0 Å². The molecule has 0 fully saturated rings. The largest absolute Gasteiger partial charge is 0.760 e. The number of para-hydroxylation sites is 2. The van der Waals surface area contributed by atoms with Gasteiger partial charge in [-0.2, -0.15) is 4.57 Å². The Morgan fingerprint density at radius 1 is 1.05 bits per heavy atom. The smallest absolute Gasteiger partial charge is 0.254 e. The quantitative estimate of drug-likeness (QED) is 0.291. The molecule has 0 bridgehead atoms. The normalized spacial score (nSPS) is 11.8. The molecule has 0 aliphatic heterocycles. The molecular formula is C15H11Cl2NO3S. The lowest BCUT2D eigenvalue weighted by Crippen LogP contribution is -2.30. The molecule has 1 atom stereocenters. The van der Waals surface area contributed by atoms with Gasteiger partial charge in [0.2, 0.25) is 11.0 Å². The molecule has 4 nitrogen and oxygen atoms in total. The van der Waals surface area contributed by atoms with E-state index < -0.39 is 15.5 Å². The Balaban J connectivity index is 0.000000396. The highest BCUT2D eigenvalue weighted by molar-refractivity contribution is 8.03. The molecule has 114 valence electrons. The lowest BCUT2D eigenvalue weighted by atomic mass is 10.0. The number of fused-ring (bicyclic) bond motifs is 2. The number of hydrogen-bond donors (Lipinski definition) is 0. The fourth-order valence-electron chi connectivity index (χ4n) is 2.44. The summed E-state index contributed by atoms with van der Waals surface area (Å²) in [6.07, 6.45) is 0. The summed E-state index contributed by atoms with van der Waals surface area (Å²) in [7, 11) is 3.80. The van der Waals surface area contributed by atoms with Gasteiger partial charge in [0.25, 0.3) is 5.24 Å². The highest BCUT2D eigenvalue weighted by Crippen LogP contribution is 2.25. The van der Waals surface area contributed by atoms with E-state index in [1.165, 1.54) is 0 Å². The van der Waals surface area contributed by atoms with E-state index >= 15 is 0 Å². The fourth-order valence-corrected chi connectivity index (χ4v) is 2.65. The third kappa shape index (κ3) is 3.44. The van der Waals surface area contributed by atoms with E-state index in [2.05, 4.69) is 15.2 Å². The van der Waals surface area contributed by atoms with Crippen LogP contribution >= 0.6 is 22.3 Å². The highest BCUT2D eigenvalue weighted by Gasteiger charge is 2.20. The summed E-state index contributed by atoms with van der Waals surface area (Å²) in [6.45, 7) is 0. The zero-order chi connectivity index (χ0) is 16.3. The number of nitrogens with zero attached hydrogens (tertiary/aromatic N) is 1. The number of benzene rings is 2. The van der Waals surface area contributed by atoms with Gasteiger partial charge >= 0.3 is 0 Å². The number of aromatic nitrogens is 1. The van der Waals surface area contributed by atoms with Crippen LogP contribution in [0, 0.1) is 0 Å². The molecule has 0 aliphatic carbocycles. The maximum atomic E-state index is 11.7. The Labute approximate surface area is 139 Å². The molecule has 2 aromatic carbocycles. The molecule has 0 amide bonds. The van der Waals surface area contributed by atoms with Crippen molar-refractivity contribution >= 4 is 59.6 Å². The van der Waals surface area contributed by atoms with Crippen molar-refractivity contribution in [3.8, 4) is 0 Å². The Bertz CT molecular complexity index is 822. The fraction of sp³-hybridized carbons (Fsp3) is 0.0667. The molecule has 1 aromatic heterocycles. The van der Waals surface area contributed by atoms with Crippen LogP contribution in [0.2, 0.25) is 0 Å². The number of rotatable bonds is 1. The lowest BCUT2D eigenvalue weighted by molar-refractivity contribution is -0.617. The van der Waals surface area contributed by atoms with Crippen molar-refractivity contribution in [2.75, 3.05) is 0 Å². The second-order valence-electron chi connectivity index (χ2n) is 4.44. The maximum Gasteiger partial charge on any atom is 0.254 e. The van der Waals surface area contributed by atoms with Gasteiger partial charge in [0.1, 0.15) is 7.05 Å². The summed E-state index contributed by atoms with van der Waals surface area (Å²) < 4.78 is 19.6. The van der Waals surface area contributed by atoms with Crippen LogP contribution in [0.3, 0.4) is 0 Å². The van der Waals surface area contributed by atoms with Crippen molar-refractivity contribution in [3.05, 3.63) is 54.1 Å². The first-order valence-corrected chi connectivity index (χ1v) is 8.46. The molecule has 3 rings (SSSR count). The standard InChI is InChI=1S/C15H11ClNO.ClHO2S/c1-17-12-8-4-2-6-10(12)14(15(16)18)11-7-3-5-9-13(11)17;1-4(2)3/h2-9H,1H3;(H,2,3)/q+1;/p-1. The average molecular weight is 356 g/mol. The van der Waals surface area contributed by atoms with Crippen molar-refractivity contribution < 1.29 is 18.1 Å². The number of aryl methyl sites for hydroxylation is 1. The third-order valence-corrected chi connectivity index (χ3v) is 3.46. The third-order valence-electron chi connectivity index (χ3n) is 3.27. The first kappa shape index (κ1) is 16.8. The van der Waals surface area contributed by atoms with Gasteiger partial charge in [-0.15, -0.1) is 0 Å². The molecule has 0 saturated heterocycles. The van der Waals surface area contributed by atoms with Gasteiger partial charge in [0.15, 0.2) is 0 Å². The molecule has 0 saturated carbocycles. The van der Waals surface area contributed by atoms with Crippen LogP contribution < -0.4 is 4.57 Å². The first-order chi connectivity index (χ1) is 10.4. The lowest BCUT2D eigenvalue weighted by Gasteiger charge is -2.06. The van der Waals surface area contributed by atoms with E-state index in [4.69, 9.17) is 20.4 Å². The van der Waals surface area contributed by atoms with Crippen LogP contribution in [0.25, 0.3) is 21.8 Å². The number of carbonyl (C=O) groups is 1. The second kappa shape index (κ2) is 7.15. The van der Waals surface area contributed by atoms with Crippen LogP contribution in [0.15, 0.2) is 48.5 Å². The molecule has 7 heteroatoms. The average Bonchev–Trinajstić information content (AvgIpc) is 2.47. The monoisotopic (exact) mass is 355 g/mol. The number of pyridine rings is 1. The van der Waals surface area contributed by atoms with E-state index in [0.29, 0.717) is 5.56 Å². The van der Waals surface area contributed by atoms with Crippen molar-refractivity contribution in [2.24, 2.45) is 7.05 Å². The van der Waals surface area contributed by atoms with Crippen LogP contribution in [-0.2, 0) is 17.3 Å². The van der Waals surface area contributed by atoms with E-state index in [9.17, 15) is 4.79 Å². The minimum Gasteiger partial charge on any atom is -0.760 e. The van der Waals surface area contributed by atoms with E-state index in [-0.39, 0.29) is 0 Å². The summed E-state index contributed by atoms with van der Waals surface area (Å²) in [5, 5.41) is 1.36. The zero-order valence-electron chi connectivity index (χ0n) is 11.5. The zero-order valence-corrected chi connectivity index (χ0v) is 13.8. The Kier molecular flexibility index (Phi) is 5.47. The molecule has 22 heavy (non-hydrogen) atoms. The van der Waals surface area contributed by atoms with E-state index in [1.807, 2.05) is 55.6 Å². The number of carbonyl (C=O) groups excluding carboxylic acids is 1. The number of halogens is 2. The minimum absolute atomic E-state index is 0.414. The highest BCUT2D eigenvalue weighted by atomic mass is 35.7. The van der Waals surface area contributed by atoms with Gasteiger partial charge in [0.05, 0.1) is 16.3 Å². The summed E-state index contributed by atoms with van der Waals surface area (Å²) in [6, 6.07) is 15.6. The van der Waals surface area contributed by atoms with Gasteiger partial charge in [0, 0.05) is 22.4 Å². The predicted molar refractivity (Wildman–Crippen MR) is 87.6 cm³/mol. The summed E-state index contributed by atoms with van der Waals surface area (Å²) in [4.78, 5) is 11.7. The maximum absolute atomic E-state index is 11.7. The molecule has 0 spiro atoms. The molecule has 1 unspecified atom stereocenters. The van der Waals surface area contributed by atoms with E-state index in [1.54, 1.807) is 0 Å². The summed E-state index contributed by atoms with van der Waals surface area (Å²) >= 11 is 5.77. The minimum atomic E-state index is -2.39. The van der Waals surface area contributed by atoms with Crippen LogP contribution in [-0.4, -0.2) is 14.0 Å². The predicted octanol–water partition coefficient (Wildman–Crippen LogP) is 3.22. The Morgan fingerprint density at radius 3 is 1.77 bits per heavy atom. The van der Waals surface area contributed by atoms with Gasteiger partial charge in [-0.3, -0.25) is 9.00 Å². The molecule has 3 aromatic rings. The molecule has 0 radical (unpaired) electrons. The molecule has 1 heterocycles. The van der Waals surface area contributed by atoms with Crippen LogP contribution in [0.1, 0.15) is 10.4 Å². The second-order valence-corrected chi connectivity index (χ2v) is 5.92. The molecule has 0 N–H and O–H groups in total. The summed E-state index contributed by atoms with van der Waals surface area (Å²) in [5.74, 6) is 0. The van der Waals surface area contributed by atoms with Gasteiger partial charge in [-0.25, -0.2) is 0 Å². The Hall–Kier alpha value is -1.53. The summed E-state index contributed by atoms with van der Waals surface area (Å²) in [5.41, 5.74) is 2.58. The van der Waals surface area contributed by atoms with Crippen molar-refractivity contribution in [2.45, 2.75) is 0 Å².